The predicted molar refractivity (Wildman–Crippen MR) is 87.5 cm³/mol. The zero-order valence-corrected chi connectivity index (χ0v) is 13.5. The fourth-order valence-corrected chi connectivity index (χ4v) is 2.00. The van der Waals surface area contributed by atoms with E-state index < -0.39 is 17.4 Å². The Morgan fingerprint density at radius 1 is 1.18 bits per heavy atom. The molecule has 0 radical (unpaired) electrons. The monoisotopic (exact) mass is 308 g/mol. The maximum Gasteiger partial charge on any atom is 0.249 e. The lowest BCUT2D eigenvalue weighted by atomic mass is 9.87. The summed E-state index contributed by atoms with van der Waals surface area (Å²) in [6.45, 7) is 5.07. The molecule has 0 fully saturated rings. The van der Waals surface area contributed by atoms with Crippen LogP contribution in [0.4, 0.5) is 0 Å². The van der Waals surface area contributed by atoms with Gasteiger partial charge in [0.2, 0.25) is 5.91 Å². The largest absolute Gasteiger partial charge is 0.396 e. The highest BCUT2D eigenvalue weighted by molar-refractivity contribution is 5.81. The molecule has 0 saturated heterocycles. The Bertz CT molecular complexity index is 435. The second-order valence-corrected chi connectivity index (χ2v) is 6.18. The SMILES string of the molecule is CC(C)(CO)[C@@H](O)C(=O)NCCNCCCc1ccccc1. The average Bonchev–Trinajstić information content (AvgIpc) is 2.54. The zero-order chi connectivity index (χ0) is 16.4. The molecule has 0 aliphatic carbocycles. The van der Waals surface area contributed by atoms with E-state index >= 15 is 0 Å². The van der Waals surface area contributed by atoms with Crippen molar-refractivity contribution in [1.29, 1.82) is 0 Å². The van der Waals surface area contributed by atoms with Crippen LogP contribution < -0.4 is 10.6 Å². The average molecular weight is 308 g/mol. The van der Waals surface area contributed by atoms with Crippen LogP contribution in [0.5, 0.6) is 0 Å². The fraction of sp³-hybridized carbons (Fsp3) is 0.588. The Morgan fingerprint density at radius 2 is 1.86 bits per heavy atom. The number of hydrogen-bond donors (Lipinski definition) is 4. The molecule has 1 amide bonds. The van der Waals surface area contributed by atoms with Gasteiger partial charge in [-0.3, -0.25) is 4.79 Å². The van der Waals surface area contributed by atoms with Crippen molar-refractivity contribution in [1.82, 2.24) is 10.6 Å². The maximum atomic E-state index is 11.7. The number of aliphatic hydroxyl groups excluding tert-OH is 2. The molecule has 1 rings (SSSR count). The molecule has 0 heterocycles. The van der Waals surface area contributed by atoms with Crippen molar-refractivity contribution < 1.29 is 15.0 Å². The van der Waals surface area contributed by atoms with Crippen LogP contribution in [0.1, 0.15) is 25.8 Å². The molecule has 22 heavy (non-hydrogen) atoms. The number of aliphatic hydroxyl groups is 2. The van der Waals surface area contributed by atoms with Gasteiger partial charge in [0, 0.05) is 18.5 Å². The van der Waals surface area contributed by atoms with Gasteiger partial charge in [-0.05, 0) is 24.9 Å². The smallest absolute Gasteiger partial charge is 0.249 e. The van der Waals surface area contributed by atoms with Crippen molar-refractivity contribution in [2.24, 2.45) is 5.41 Å². The first-order valence-corrected chi connectivity index (χ1v) is 7.78. The van der Waals surface area contributed by atoms with Crippen LogP contribution in [-0.2, 0) is 11.2 Å². The Hall–Kier alpha value is -1.43. The van der Waals surface area contributed by atoms with Gasteiger partial charge in [0.1, 0.15) is 6.10 Å². The molecule has 0 saturated carbocycles. The number of aryl methyl sites for hydroxylation is 1. The molecular weight excluding hydrogens is 280 g/mol. The molecule has 4 N–H and O–H groups in total. The van der Waals surface area contributed by atoms with Crippen molar-refractivity contribution >= 4 is 5.91 Å². The molecule has 0 unspecified atom stereocenters. The Balaban J connectivity index is 2.07. The minimum Gasteiger partial charge on any atom is -0.396 e. The molecule has 0 bridgehead atoms. The number of benzene rings is 1. The van der Waals surface area contributed by atoms with Crippen LogP contribution in [0, 0.1) is 5.41 Å². The van der Waals surface area contributed by atoms with E-state index in [-0.39, 0.29) is 6.61 Å². The molecule has 0 aromatic heterocycles. The summed E-state index contributed by atoms with van der Waals surface area (Å²) in [5, 5.41) is 24.9. The molecule has 1 atom stereocenters. The molecule has 124 valence electrons. The van der Waals surface area contributed by atoms with E-state index in [1.165, 1.54) is 5.56 Å². The standard InChI is InChI=1S/C17H28N2O3/c1-17(2,13-20)15(21)16(22)19-12-11-18-10-6-9-14-7-4-3-5-8-14/h3-5,7-8,15,18,20-21H,6,9-13H2,1-2H3,(H,19,22)/t15-/m0/s1. The third-order valence-electron chi connectivity index (χ3n) is 3.66. The van der Waals surface area contributed by atoms with Gasteiger partial charge in [-0.2, -0.15) is 0 Å². The lowest BCUT2D eigenvalue weighted by Gasteiger charge is -2.27. The highest BCUT2D eigenvalue weighted by Gasteiger charge is 2.32. The first-order valence-electron chi connectivity index (χ1n) is 7.78. The Labute approximate surface area is 132 Å². The number of carbonyl (C=O) groups excluding carboxylic acids is 1. The van der Waals surface area contributed by atoms with Gasteiger partial charge in [0.05, 0.1) is 6.61 Å². The first-order chi connectivity index (χ1) is 10.5. The van der Waals surface area contributed by atoms with E-state index in [4.69, 9.17) is 5.11 Å². The van der Waals surface area contributed by atoms with Crippen molar-refractivity contribution in [3.63, 3.8) is 0 Å². The molecule has 1 aromatic carbocycles. The van der Waals surface area contributed by atoms with E-state index in [1.807, 2.05) is 18.2 Å². The number of carbonyl (C=O) groups is 1. The predicted octanol–water partition coefficient (Wildman–Crippen LogP) is 0.704. The highest BCUT2D eigenvalue weighted by Crippen LogP contribution is 2.19. The van der Waals surface area contributed by atoms with Crippen molar-refractivity contribution in [3.8, 4) is 0 Å². The summed E-state index contributed by atoms with van der Waals surface area (Å²) in [6.07, 6.45) is 0.873. The lowest BCUT2D eigenvalue weighted by molar-refractivity contribution is -0.137. The van der Waals surface area contributed by atoms with Crippen LogP contribution in [0.25, 0.3) is 0 Å². The quantitative estimate of drug-likeness (QED) is 0.480. The summed E-state index contributed by atoms with van der Waals surface area (Å²) in [6, 6.07) is 10.3. The minimum absolute atomic E-state index is 0.237. The van der Waals surface area contributed by atoms with Gasteiger partial charge in [-0.1, -0.05) is 44.2 Å². The summed E-state index contributed by atoms with van der Waals surface area (Å²) >= 11 is 0. The van der Waals surface area contributed by atoms with Crippen LogP contribution >= 0.6 is 0 Å². The molecule has 0 spiro atoms. The van der Waals surface area contributed by atoms with E-state index in [2.05, 4.69) is 22.8 Å². The summed E-state index contributed by atoms with van der Waals surface area (Å²) in [7, 11) is 0. The third-order valence-corrected chi connectivity index (χ3v) is 3.66. The van der Waals surface area contributed by atoms with Gasteiger partial charge in [-0.25, -0.2) is 0 Å². The summed E-state index contributed by atoms with van der Waals surface area (Å²) < 4.78 is 0. The maximum absolute atomic E-state index is 11.7. The second kappa shape index (κ2) is 9.56. The van der Waals surface area contributed by atoms with Crippen LogP contribution in [-0.4, -0.2) is 48.5 Å². The van der Waals surface area contributed by atoms with Crippen LogP contribution in [0.15, 0.2) is 30.3 Å². The van der Waals surface area contributed by atoms with Gasteiger partial charge in [0.15, 0.2) is 0 Å². The van der Waals surface area contributed by atoms with E-state index in [1.54, 1.807) is 13.8 Å². The van der Waals surface area contributed by atoms with Crippen LogP contribution in [0.3, 0.4) is 0 Å². The minimum atomic E-state index is -1.20. The third kappa shape index (κ3) is 6.56. The first kappa shape index (κ1) is 18.6. The van der Waals surface area contributed by atoms with E-state index in [0.717, 1.165) is 19.4 Å². The fourth-order valence-electron chi connectivity index (χ4n) is 2.00. The molecule has 5 heteroatoms. The summed E-state index contributed by atoms with van der Waals surface area (Å²) in [5.74, 6) is -0.440. The van der Waals surface area contributed by atoms with Crippen molar-refractivity contribution in [2.75, 3.05) is 26.2 Å². The van der Waals surface area contributed by atoms with Gasteiger partial charge < -0.3 is 20.8 Å². The van der Waals surface area contributed by atoms with Crippen molar-refractivity contribution in [3.05, 3.63) is 35.9 Å². The van der Waals surface area contributed by atoms with Gasteiger partial charge in [0.25, 0.3) is 0 Å². The number of rotatable bonds is 10. The van der Waals surface area contributed by atoms with E-state index in [0.29, 0.717) is 13.1 Å². The lowest BCUT2D eigenvalue weighted by Crippen LogP contribution is -2.47. The molecule has 1 aromatic rings. The number of hydrogen-bond acceptors (Lipinski definition) is 4. The Kier molecular flexibility index (Phi) is 8.09. The molecule has 0 aliphatic heterocycles. The molecule has 0 aliphatic rings. The topological polar surface area (TPSA) is 81.6 Å². The number of nitrogens with one attached hydrogen (secondary N) is 2. The van der Waals surface area contributed by atoms with Crippen molar-refractivity contribution in [2.45, 2.75) is 32.8 Å². The van der Waals surface area contributed by atoms with Gasteiger partial charge in [-0.15, -0.1) is 0 Å². The Morgan fingerprint density at radius 3 is 2.50 bits per heavy atom. The molecular formula is C17H28N2O3. The summed E-state index contributed by atoms with van der Waals surface area (Å²) in [4.78, 5) is 11.7. The van der Waals surface area contributed by atoms with Gasteiger partial charge >= 0.3 is 0 Å². The van der Waals surface area contributed by atoms with Crippen LogP contribution in [0.2, 0.25) is 0 Å². The normalized spacial score (nSPS) is 12.9. The highest BCUT2D eigenvalue weighted by atomic mass is 16.3. The van der Waals surface area contributed by atoms with E-state index in [9.17, 15) is 9.90 Å². The number of amides is 1. The zero-order valence-electron chi connectivity index (χ0n) is 13.5. The molecule has 5 nitrogen and oxygen atoms in total. The second-order valence-electron chi connectivity index (χ2n) is 6.18. The summed E-state index contributed by atoms with van der Waals surface area (Å²) in [5.41, 5.74) is 0.500.